The molecule has 0 saturated heterocycles. The summed E-state index contributed by atoms with van der Waals surface area (Å²) >= 11 is 0. The van der Waals surface area contributed by atoms with Crippen LogP contribution in [0.1, 0.15) is 39.5 Å². The summed E-state index contributed by atoms with van der Waals surface area (Å²) in [5, 5.41) is 0. The molecule has 0 aromatic carbocycles. The van der Waals surface area contributed by atoms with Crippen LogP contribution in [0, 0.1) is 5.92 Å². The highest BCUT2D eigenvalue weighted by atomic mass is 14.0. The van der Waals surface area contributed by atoms with E-state index in [1.54, 1.807) is 0 Å². The van der Waals surface area contributed by atoms with Crippen LogP contribution in [0.5, 0.6) is 0 Å². The Bertz CT molecular complexity index is 61.7. The molecular formula is C9H20B. The molecule has 0 spiro atoms. The fourth-order valence-corrected chi connectivity index (χ4v) is 1.31. The Balaban J connectivity index is 3.21. The van der Waals surface area contributed by atoms with Gasteiger partial charge in [-0.05, 0) is 5.92 Å². The van der Waals surface area contributed by atoms with Crippen LogP contribution in [0.2, 0.25) is 13.1 Å². The Morgan fingerprint density at radius 2 is 2.00 bits per heavy atom. The predicted octanol–water partition coefficient (Wildman–Crippen LogP) is 3.37. The fraction of sp³-hybridized carbons (Fsp3) is 1.00. The van der Waals surface area contributed by atoms with Crippen LogP contribution in [0.4, 0.5) is 0 Å². The van der Waals surface area contributed by atoms with Crippen molar-refractivity contribution in [3.8, 4) is 0 Å². The molecule has 59 valence electrons. The molecule has 0 aliphatic rings. The molecule has 0 N–H and O–H groups in total. The van der Waals surface area contributed by atoms with E-state index in [1.165, 1.54) is 32.0 Å². The number of unbranched alkanes of at least 4 members (excludes halogenated alkanes) is 1. The summed E-state index contributed by atoms with van der Waals surface area (Å²) in [6.07, 6.45) is 6.85. The third-order valence-electron chi connectivity index (χ3n) is 2.11. The highest BCUT2D eigenvalue weighted by Gasteiger charge is 2.02. The Morgan fingerprint density at radius 3 is 2.40 bits per heavy atom. The summed E-state index contributed by atoms with van der Waals surface area (Å²) in [6, 6.07) is 0. The molecule has 0 bridgehead atoms. The van der Waals surface area contributed by atoms with E-state index in [0.29, 0.717) is 0 Å². The molecule has 1 atom stereocenters. The SMILES string of the molecule is C[B]CC(CC)CCCC. The summed E-state index contributed by atoms with van der Waals surface area (Å²) in [7, 11) is 2.30. The lowest BCUT2D eigenvalue weighted by Gasteiger charge is -2.11. The van der Waals surface area contributed by atoms with Crippen molar-refractivity contribution in [2.75, 3.05) is 0 Å². The van der Waals surface area contributed by atoms with Crippen LogP contribution in [0.15, 0.2) is 0 Å². The van der Waals surface area contributed by atoms with Crippen LogP contribution in [-0.4, -0.2) is 7.28 Å². The summed E-state index contributed by atoms with van der Waals surface area (Å²) in [6.45, 7) is 6.72. The van der Waals surface area contributed by atoms with Gasteiger partial charge in [0.25, 0.3) is 0 Å². The Kier molecular flexibility index (Phi) is 7.22. The standard InChI is InChI=1S/C9H20B/c1-4-6-7-9(5-2)8-10-3/h9H,4-8H2,1-3H3. The van der Waals surface area contributed by atoms with Crippen molar-refractivity contribution in [3.05, 3.63) is 0 Å². The van der Waals surface area contributed by atoms with Gasteiger partial charge < -0.3 is 0 Å². The highest BCUT2D eigenvalue weighted by molar-refractivity contribution is 6.33. The van der Waals surface area contributed by atoms with Crippen LogP contribution in [-0.2, 0) is 0 Å². The second-order valence-corrected chi connectivity index (χ2v) is 3.06. The van der Waals surface area contributed by atoms with Crippen LogP contribution in [0.25, 0.3) is 0 Å². The molecule has 0 aliphatic heterocycles. The molecule has 0 aromatic heterocycles. The molecule has 0 heterocycles. The largest absolute Gasteiger partial charge is 0.106 e. The zero-order valence-electron chi connectivity index (χ0n) is 7.69. The zero-order valence-corrected chi connectivity index (χ0v) is 7.69. The smallest absolute Gasteiger partial charge is 0.0920 e. The first-order valence-corrected chi connectivity index (χ1v) is 4.62. The second-order valence-electron chi connectivity index (χ2n) is 3.06. The lowest BCUT2D eigenvalue weighted by molar-refractivity contribution is 0.490. The van der Waals surface area contributed by atoms with Gasteiger partial charge in [-0.2, -0.15) is 0 Å². The molecule has 0 amide bonds. The minimum atomic E-state index is 0.963. The second kappa shape index (κ2) is 7.18. The quantitative estimate of drug-likeness (QED) is 0.495. The average molecular weight is 139 g/mol. The topological polar surface area (TPSA) is 0 Å². The van der Waals surface area contributed by atoms with E-state index in [9.17, 15) is 0 Å². The number of hydrogen-bond donors (Lipinski definition) is 0. The third kappa shape index (κ3) is 4.90. The molecular weight excluding hydrogens is 119 g/mol. The summed E-state index contributed by atoms with van der Waals surface area (Å²) < 4.78 is 0. The van der Waals surface area contributed by atoms with E-state index >= 15 is 0 Å². The molecule has 1 heteroatoms. The lowest BCUT2D eigenvalue weighted by atomic mass is 9.70. The molecule has 0 aliphatic carbocycles. The van der Waals surface area contributed by atoms with E-state index < -0.39 is 0 Å². The zero-order chi connectivity index (χ0) is 7.82. The molecule has 10 heavy (non-hydrogen) atoms. The van der Waals surface area contributed by atoms with Gasteiger partial charge in [0.15, 0.2) is 0 Å². The predicted molar refractivity (Wildman–Crippen MR) is 49.7 cm³/mol. The van der Waals surface area contributed by atoms with Gasteiger partial charge in [0.2, 0.25) is 0 Å². The Morgan fingerprint density at radius 1 is 1.30 bits per heavy atom. The van der Waals surface area contributed by atoms with E-state index in [1.807, 2.05) is 0 Å². The molecule has 0 saturated carbocycles. The van der Waals surface area contributed by atoms with Gasteiger partial charge in [-0.3, -0.25) is 0 Å². The van der Waals surface area contributed by atoms with Crippen molar-refractivity contribution in [3.63, 3.8) is 0 Å². The van der Waals surface area contributed by atoms with Gasteiger partial charge in [0.05, 0.1) is 0 Å². The van der Waals surface area contributed by atoms with Gasteiger partial charge in [-0.1, -0.05) is 52.7 Å². The average Bonchev–Trinajstić information content (AvgIpc) is 1.98. The van der Waals surface area contributed by atoms with Gasteiger partial charge in [-0.25, -0.2) is 0 Å². The van der Waals surface area contributed by atoms with Crippen molar-refractivity contribution in [1.29, 1.82) is 0 Å². The Labute approximate surface area is 66.6 Å². The molecule has 0 aromatic rings. The van der Waals surface area contributed by atoms with E-state index in [2.05, 4.69) is 28.0 Å². The van der Waals surface area contributed by atoms with Crippen molar-refractivity contribution in [2.24, 2.45) is 5.92 Å². The maximum atomic E-state index is 2.30. The normalized spacial score (nSPS) is 13.1. The number of hydrogen-bond acceptors (Lipinski definition) is 0. The van der Waals surface area contributed by atoms with Gasteiger partial charge in [0, 0.05) is 0 Å². The molecule has 0 fully saturated rings. The first kappa shape index (κ1) is 10.1. The van der Waals surface area contributed by atoms with E-state index in [4.69, 9.17) is 0 Å². The number of rotatable bonds is 6. The lowest BCUT2D eigenvalue weighted by Crippen LogP contribution is -2.00. The first-order valence-electron chi connectivity index (χ1n) is 4.62. The summed E-state index contributed by atoms with van der Waals surface area (Å²) in [5.74, 6) is 0.963. The monoisotopic (exact) mass is 139 g/mol. The van der Waals surface area contributed by atoms with Crippen LogP contribution in [0.3, 0.4) is 0 Å². The first-order chi connectivity index (χ1) is 4.85. The Hall–Kier alpha value is 0.0649. The molecule has 0 rings (SSSR count). The summed E-state index contributed by atoms with van der Waals surface area (Å²) in [4.78, 5) is 0. The minimum absolute atomic E-state index is 0.963. The third-order valence-corrected chi connectivity index (χ3v) is 2.11. The maximum Gasteiger partial charge on any atom is 0.106 e. The minimum Gasteiger partial charge on any atom is -0.0920 e. The van der Waals surface area contributed by atoms with Crippen molar-refractivity contribution in [1.82, 2.24) is 0 Å². The van der Waals surface area contributed by atoms with E-state index in [-0.39, 0.29) is 0 Å². The van der Waals surface area contributed by atoms with Crippen LogP contribution < -0.4 is 0 Å². The van der Waals surface area contributed by atoms with Crippen molar-refractivity contribution >= 4 is 7.28 Å². The van der Waals surface area contributed by atoms with Crippen LogP contribution >= 0.6 is 0 Å². The van der Waals surface area contributed by atoms with Gasteiger partial charge >= 0.3 is 0 Å². The van der Waals surface area contributed by atoms with Crippen molar-refractivity contribution in [2.45, 2.75) is 52.7 Å². The van der Waals surface area contributed by atoms with Gasteiger partial charge in [0.1, 0.15) is 7.28 Å². The van der Waals surface area contributed by atoms with E-state index in [0.717, 1.165) is 5.92 Å². The maximum absolute atomic E-state index is 2.30. The molecule has 0 nitrogen and oxygen atoms in total. The van der Waals surface area contributed by atoms with Gasteiger partial charge in [-0.15, -0.1) is 0 Å². The summed E-state index contributed by atoms with van der Waals surface area (Å²) in [5.41, 5.74) is 0. The molecule has 1 radical (unpaired) electrons. The highest BCUT2D eigenvalue weighted by Crippen LogP contribution is 2.16. The fourth-order valence-electron chi connectivity index (χ4n) is 1.31. The molecule has 1 unspecified atom stereocenters. The van der Waals surface area contributed by atoms with Crippen molar-refractivity contribution < 1.29 is 0 Å².